The maximum absolute atomic E-state index is 9.33. The molecule has 0 fully saturated rings. The second-order valence-corrected chi connectivity index (χ2v) is 5.83. The molecule has 0 spiro atoms. The van der Waals surface area contributed by atoms with Crippen molar-refractivity contribution in [3.8, 4) is 6.07 Å². The van der Waals surface area contributed by atoms with E-state index in [4.69, 9.17) is 0 Å². The minimum Gasteiger partial charge on any atom is -0.336 e. The van der Waals surface area contributed by atoms with E-state index >= 15 is 0 Å². The molecule has 0 amide bonds. The molecule has 0 unspecified atom stereocenters. The lowest BCUT2D eigenvalue weighted by Gasteiger charge is -2.30. The van der Waals surface area contributed by atoms with Gasteiger partial charge in [-0.1, -0.05) is 0 Å². The molecule has 5 nitrogen and oxygen atoms in total. The van der Waals surface area contributed by atoms with E-state index in [0.717, 1.165) is 58.2 Å². The lowest BCUT2D eigenvalue weighted by molar-refractivity contribution is 0.696. The van der Waals surface area contributed by atoms with Crippen LogP contribution < -0.4 is 4.90 Å². The van der Waals surface area contributed by atoms with Crippen molar-refractivity contribution in [2.75, 3.05) is 11.4 Å². The maximum atomic E-state index is 9.33. The zero-order valence-electron chi connectivity index (χ0n) is 13.4. The Morgan fingerprint density at radius 3 is 2.41 bits per heavy atom. The van der Waals surface area contributed by atoms with Gasteiger partial charge in [-0.15, -0.1) is 0 Å². The third-order valence-corrected chi connectivity index (χ3v) is 4.47. The van der Waals surface area contributed by atoms with Crippen LogP contribution in [0.1, 0.15) is 39.3 Å². The fraction of sp³-hybridized carbons (Fsp3) is 0.412. The zero-order valence-corrected chi connectivity index (χ0v) is 13.4. The number of anilines is 1. The van der Waals surface area contributed by atoms with Gasteiger partial charge >= 0.3 is 0 Å². The summed E-state index contributed by atoms with van der Waals surface area (Å²) in [5, 5.41) is 9.33. The van der Waals surface area contributed by atoms with Crippen molar-refractivity contribution >= 4 is 5.95 Å². The Morgan fingerprint density at radius 1 is 1.09 bits per heavy atom. The summed E-state index contributed by atoms with van der Waals surface area (Å²) in [6.07, 6.45) is 2.71. The second kappa shape index (κ2) is 5.38. The average Bonchev–Trinajstić information content (AvgIpc) is 2.51. The van der Waals surface area contributed by atoms with Crippen LogP contribution in [0.15, 0.2) is 6.20 Å². The van der Waals surface area contributed by atoms with Gasteiger partial charge < -0.3 is 4.90 Å². The SMILES string of the molecule is Cc1nc(N2CCc3c(cnc(C)c3C#N)C2)nc(C)c1C. The molecule has 0 saturated carbocycles. The molecule has 3 rings (SSSR count). The van der Waals surface area contributed by atoms with Gasteiger partial charge in [-0.05, 0) is 50.8 Å². The van der Waals surface area contributed by atoms with Crippen LogP contribution in [0.4, 0.5) is 5.95 Å². The minimum absolute atomic E-state index is 0.708. The van der Waals surface area contributed by atoms with Gasteiger partial charge in [0.2, 0.25) is 5.95 Å². The van der Waals surface area contributed by atoms with Crippen LogP contribution in [0, 0.1) is 39.0 Å². The van der Waals surface area contributed by atoms with Crippen molar-refractivity contribution in [2.45, 2.75) is 40.7 Å². The monoisotopic (exact) mass is 293 g/mol. The van der Waals surface area contributed by atoms with Gasteiger partial charge in [-0.2, -0.15) is 5.26 Å². The molecule has 5 heteroatoms. The van der Waals surface area contributed by atoms with E-state index in [1.54, 1.807) is 0 Å². The van der Waals surface area contributed by atoms with E-state index < -0.39 is 0 Å². The van der Waals surface area contributed by atoms with E-state index in [1.807, 2.05) is 33.9 Å². The Bertz CT molecular complexity index is 765. The van der Waals surface area contributed by atoms with Gasteiger partial charge in [-0.25, -0.2) is 9.97 Å². The lowest BCUT2D eigenvalue weighted by Crippen LogP contribution is -2.33. The first-order valence-electron chi connectivity index (χ1n) is 7.45. The van der Waals surface area contributed by atoms with Gasteiger partial charge in [0.05, 0.1) is 11.3 Å². The Kier molecular flexibility index (Phi) is 3.53. The number of aryl methyl sites for hydroxylation is 3. The van der Waals surface area contributed by atoms with Crippen LogP contribution in [0.2, 0.25) is 0 Å². The van der Waals surface area contributed by atoms with Crippen molar-refractivity contribution in [3.63, 3.8) is 0 Å². The average molecular weight is 293 g/mol. The molecule has 0 aliphatic carbocycles. The van der Waals surface area contributed by atoms with E-state index in [1.165, 1.54) is 0 Å². The highest BCUT2D eigenvalue weighted by molar-refractivity contribution is 5.49. The Balaban J connectivity index is 1.97. The van der Waals surface area contributed by atoms with E-state index in [-0.39, 0.29) is 0 Å². The van der Waals surface area contributed by atoms with Crippen LogP contribution in [-0.4, -0.2) is 21.5 Å². The van der Waals surface area contributed by atoms with Crippen LogP contribution in [0.3, 0.4) is 0 Å². The number of rotatable bonds is 1. The molecule has 1 aliphatic rings. The summed E-state index contributed by atoms with van der Waals surface area (Å²) >= 11 is 0. The van der Waals surface area contributed by atoms with Gasteiger partial charge in [0.1, 0.15) is 6.07 Å². The van der Waals surface area contributed by atoms with Crippen LogP contribution >= 0.6 is 0 Å². The largest absolute Gasteiger partial charge is 0.336 e. The highest BCUT2D eigenvalue weighted by Crippen LogP contribution is 2.26. The molecule has 3 heterocycles. The Morgan fingerprint density at radius 2 is 1.77 bits per heavy atom. The molecular weight excluding hydrogens is 274 g/mol. The second-order valence-electron chi connectivity index (χ2n) is 5.83. The van der Waals surface area contributed by atoms with E-state index in [0.29, 0.717) is 6.54 Å². The molecule has 2 aromatic rings. The number of hydrogen-bond acceptors (Lipinski definition) is 5. The molecule has 0 N–H and O–H groups in total. The van der Waals surface area contributed by atoms with E-state index in [2.05, 4.69) is 25.9 Å². The van der Waals surface area contributed by atoms with Crippen molar-refractivity contribution in [1.29, 1.82) is 5.26 Å². The van der Waals surface area contributed by atoms with E-state index in [9.17, 15) is 5.26 Å². The summed E-state index contributed by atoms with van der Waals surface area (Å²) in [7, 11) is 0. The molecule has 0 atom stereocenters. The summed E-state index contributed by atoms with van der Waals surface area (Å²) in [6.45, 7) is 9.51. The number of fused-ring (bicyclic) bond motifs is 1. The number of nitriles is 1. The smallest absolute Gasteiger partial charge is 0.226 e. The molecule has 0 aromatic carbocycles. The number of hydrogen-bond donors (Lipinski definition) is 0. The predicted molar refractivity (Wildman–Crippen MR) is 84.7 cm³/mol. The molecule has 0 radical (unpaired) electrons. The predicted octanol–water partition coefficient (Wildman–Crippen LogP) is 2.54. The highest BCUT2D eigenvalue weighted by Gasteiger charge is 2.23. The summed E-state index contributed by atoms with van der Waals surface area (Å²) in [5.74, 6) is 0.769. The number of aromatic nitrogens is 3. The minimum atomic E-state index is 0.708. The quantitative estimate of drug-likeness (QED) is 0.808. The van der Waals surface area contributed by atoms with Crippen LogP contribution in [-0.2, 0) is 13.0 Å². The molecule has 22 heavy (non-hydrogen) atoms. The van der Waals surface area contributed by atoms with Gasteiger partial charge in [0.15, 0.2) is 0 Å². The first-order chi connectivity index (χ1) is 10.5. The van der Waals surface area contributed by atoms with Gasteiger partial charge in [-0.3, -0.25) is 4.98 Å². The summed E-state index contributed by atoms with van der Waals surface area (Å²) in [6, 6.07) is 2.29. The van der Waals surface area contributed by atoms with Crippen LogP contribution in [0.25, 0.3) is 0 Å². The van der Waals surface area contributed by atoms with Crippen LogP contribution in [0.5, 0.6) is 0 Å². The molecule has 0 saturated heterocycles. The fourth-order valence-electron chi connectivity index (χ4n) is 2.86. The molecule has 2 aromatic heterocycles. The molecule has 112 valence electrons. The van der Waals surface area contributed by atoms with Crippen molar-refractivity contribution in [2.24, 2.45) is 0 Å². The topological polar surface area (TPSA) is 65.7 Å². The molecule has 1 aliphatic heterocycles. The molecule has 0 bridgehead atoms. The first-order valence-corrected chi connectivity index (χ1v) is 7.45. The van der Waals surface area contributed by atoms with Gasteiger partial charge in [0.25, 0.3) is 0 Å². The summed E-state index contributed by atoms with van der Waals surface area (Å²) in [4.78, 5) is 15.8. The number of nitrogens with zero attached hydrogens (tertiary/aromatic N) is 5. The van der Waals surface area contributed by atoms with Crippen molar-refractivity contribution in [3.05, 3.63) is 45.5 Å². The highest BCUT2D eigenvalue weighted by atomic mass is 15.3. The Hall–Kier alpha value is -2.48. The third kappa shape index (κ3) is 2.31. The van der Waals surface area contributed by atoms with Gasteiger partial charge in [0, 0.05) is 30.7 Å². The Labute approximate surface area is 130 Å². The van der Waals surface area contributed by atoms with Crippen molar-refractivity contribution < 1.29 is 0 Å². The number of pyridine rings is 1. The summed E-state index contributed by atoms with van der Waals surface area (Å²) in [5.41, 5.74) is 6.97. The zero-order chi connectivity index (χ0) is 15.9. The normalized spacial score (nSPS) is 13.7. The standard InChI is InChI=1S/C17H19N5/c1-10-11(2)20-17(21-12(10)3)22-6-5-15-14(9-22)8-19-13(4)16(15)7-18/h8H,5-6,9H2,1-4H3. The maximum Gasteiger partial charge on any atom is 0.226 e. The molecular formula is C17H19N5. The lowest BCUT2D eigenvalue weighted by atomic mass is 9.96. The third-order valence-electron chi connectivity index (χ3n) is 4.47. The van der Waals surface area contributed by atoms with Crippen molar-refractivity contribution in [1.82, 2.24) is 15.0 Å². The summed E-state index contributed by atoms with van der Waals surface area (Å²) < 4.78 is 0. The fourth-order valence-corrected chi connectivity index (χ4v) is 2.86. The first kappa shape index (κ1) is 14.5.